The molecule has 0 radical (unpaired) electrons. The van der Waals surface area contributed by atoms with Gasteiger partial charge >= 0.3 is 0 Å². The van der Waals surface area contributed by atoms with E-state index >= 15 is 0 Å². The topological polar surface area (TPSA) is 101 Å². The maximum absolute atomic E-state index is 13.2. The van der Waals surface area contributed by atoms with Gasteiger partial charge in [-0.05, 0) is 31.0 Å². The van der Waals surface area contributed by atoms with Crippen LogP contribution in [0.2, 0.25) is 0 Å². The molecule has 7 nitrogen and oxygen atoms in total. The Morgan fingerprint density at radius 1 is 1.19 bits per heavy atom. The van der Waals surface area contributed by atoms with Crippen molar-refractivity contribution >= 4 is 32.4 Å². The van der Waals surface area contributed by atoms with Crippen molar-refractivity contribution < 1.29 is 22.0 Å². The summed E-state index contributed by atoms with van der Waals surface area (Å²) in [6, 6.07) is 2.25. The van der Waals surface area contributed by atoms with Crippen LogP contribution in [0.15, 0.2) is 23.1 Å². The summed E-state index contributed by atoms with van der Waals surface area (Å²) in [5.41, 5.74) is 0. The van der Waals surface area contributed by atoms with E-state index in [0.29, 0.717) is 11.2 Å². The number of rotatable bonds is 9. The highest BCUT2D eigenvalue weighted by Crippen LogP contribution is 2.28. The summed E-state index contributed by atoms with van der Waals surface area (Å²) < 4.78 is 52.3. The van der Waals surface area contributed by atoms with E-state index in [0.717, 1.165) is 30.0 Å². The minimum atomic E-state index is -4.04. The smallest absolute Gasteiger partial charge is 0.240 e. The third kappa shape index (κ3) is 5.75. The molecule has 0 saturated carbocycles. The quantitative estimate of drug-likeness (QED) is 0.652. The maximum atomic E-state index is 13.2. The lowest BCUT2D eigenvalue weighted by atomic mass is 10.1. The largest absolute Gasteiger partial charge is 0.300 e. The van der Waals surface area contributed by atoms with Gasteiger partial charge in [0.2, 0.25) is 21.1 Å². The number of hydrogen-bond donors (Lipinski definition) is 2. The fourth-order valence-corrected chi connectivity index (χ4v) is 4.37. The zero-order chi connectivity index (χ0) is 20.0. The lowest BCUT2D eigenvalue weighted by molar-refractivity contribution is -0.116. The molecule has 2 aromatic rings. The summed E-state index contributed by atoms with van der Waals surface area (Å²) in [5, 5.41) is 11.7. The first-order chi connectivity index (χ1) is 12.8. The van der Waals surface area contributed by atoms with Crippen LogP contribution < -0.4 is 10.0 Å². The Kier molecular flexibility index (Phi) is 7.33. The van der Waals surface area contributed by atoms with Crippen LogP contribution in [-0.2, 0) is 14.8 Å². The number of benzene rings is 1. The van der Waals surface area contributed by atoms with E-state index in [1.165, 1.54) is 11.3 Å². The van der Waals surface area contributed by atoms with Crippen LogP contribution in [0.3, 0.4) is 0 Å². The summed E-state index contributed by atoms with van der Waals surface area (Å²) in [6.07, 6.45) is 1.69. The van der Waals surface area contributed by atoms with Gasteiger partial charge in [-0.2, -0.15) is 0 Å². The highest BCUT2D eigenvalue weighted by Gasteiger charge is 2.18. The molecule has 0 aliphatic heterocycles. The van der Waals surface area contributed by atoms with E-state index in [1.54, 1.807) is 0 Å². The van der Waals surface area contributed by atoms with Gasteiger partial charge in [0, 0.05) is 18.9 Å². The molecule has 27 heavy (non-hydrogen) atoms. The van der Waals surface area contributed by atoms with Crippen LogP contribution >= 0.6 is 11.3 Å². The molecule has 0 unspecified atom stereocenters. The highest BCUT2D eigenvalue weighted by atomic mass is 32.2. The van der Waals surface area contributed by atoms with Gasteiger partial charge in [0.05, 0.1) is 4.90 Å². The zero-order valence-electron chi connectivity index (χ0n) is 14.8. The fraction of sp³-hybridized carbons (Fsp3) is 0.438. The molecule has 148 valence electrons. The van der Waals surface area contributed by atoms with E-state index in [2.05, 4.69) is 20.2 Å². The molecule has 0 saturated heterocycles. The number of anilines is 1. The average Bonchev–Trinajstić information content (AvgIpc) is 3.06. The predicted octanol–water partition coefficient (Wildman–Crippen LogP) is 3.03. The van der Waals surface area contributed by atoms with Gasteiger partial charge in [-0.25, -0.2) is 21.9 Å². The fourth-order valence-electron chi connectivity index (χ4n) is 2.30. The molecule has 1 aromatic carbocycles. The number of amides is 1. The van der Waals surface area contributed by atoms with E-state index < -0.39 is 32.5 Å². The van der Waals surface area contributed by atoms with Crippen LogP contribution in [-0.4, -0.2) is 31.1 Å². The predicted molar refractivity (Wildman–Crippen MR) is 98.0 cm³/mol. The molecule has 0 spiro atoms. The van der Waals surface area contributed by atoms with Gasteiger partial charge in [0.1, 0.15) is 5.01 Å². The minimum absolute atomic E-state index is 0.150. The Bertz CT molecular complexity index is 899. The molecule has 0 aliphatic carbocycles. The van der Waals surface area contributed by atoms with Gasteiger partial charge in [-0.1, -0.05) is 25.2 Å². The van der Waals surface area contributed by atoms with Crippen molar-refractivity contribution in [3.63, 3.8) is 0 Å². The monoisotopic (exact) mass is 418 g/mol. The molecule has 1 heterocycles. The van der Waals surface area contributed by atoms with Crippen molar-refractivity contribution in [1.29, 1.82) is 0 Å². The first kappa shape index (κ1) is 21.3. The Morgan fingerprint density at radius 2 is 1.89 bits per heavy atom. The summed E-state index contributed by atoms with van der Waals surface area (Å²) in [6.45, 7) is 3.89. The first-order valence-electron chi connectivity index (χ1n) is 8.34. The van der Waals surface area contributed by atoms with Crippen molar-refractivity contribution in [3.05, 3.63) is 34.8 Å². The number of nitrogens with zero attached hydrogens (tertiary/aromatic N) is 2. The Hall–Kier alpha value is -1.98. The number of nitrogens with one attached hydrogen (secondary N) is 2. The second kappa shape index (κ2) is 9.29. The molecule has 11 heteroatoms. The first-order valence-corrected chi connectivity index (χ1v) is 10.6. The van der Waals surface area contributed by atoms with Crippen LogP contribution in [0.4, 0.5) is 13.9 Å². The highest BCUT2D eigenvalue weighted by molar-refractivity contribution is 7.89. The number of halogens is 2. The average molecular weight is 418 g/mol. The van der Waals surface area contributed by atoms with Crippen molar-refractivity contribution in [2.75, 3.05) is 11.9 Å². The Labute approximate surface area is 160 Å². The third-order valence-corrected chi connectivity index (χ3v) is 6.33. The van der Waals surface area contributed by atoms with Crippen molar-refractivity contribution in [3.8, 4) is 0 Å². The number of hydrogen-bond acceptors (Lipinski definition) is 6. The normalized spacial score (nSPS) is 11.7. The van der Waals surface area contributed by atoms with Crippen LogP contribution in [0, 0.1) is 11.6 Å². The number of sulfonamides is 1. The van der Waals surface area contributed by atoms with E-state index in [-0.39, 0.29) is 18.9 Å². The lowest BCUT2D eigenvalue weighted by Gasteiger charge is -2.07. The van der Waals surface area contributed by atoms with Crippen LogP contribution in [0.5, 0.6) is 0 Å². The van der Waals surface area contributed by atoms with Gasteiger partial charge in [-0.3, -0.25) is 4.79 Å². The molecular formula is C16H20F2N4O3S2. The molecular weight excluding hydrogens is 398 g/mol. The van der Waals surface area contributed by atoms with Crippen molar-refractivity contribution in [2.45, 2.75) is 43.9 Å². The lowest BCUT2D eigenvalue weighted by Crippen LogP contribution is -2.28. The standard InChI is InChI=1S/C16H20F2N4O3S2/c1-3-10(4-2)15-21-22-16(26-15)20-14(23)7-8-19-27(24,25)11-5-6-12(17)13(18)9-11/h5-6,9-10,19H,3-4,7-8H2,1-2H3,(H,20,22,23). The van der Waals surface area contributed by atoms with Gasteiger partial charge in [0.25, 0.3) is 0 Å². The summed E-state index contributed by atoms with van der Waals surface area (Å²) >= 11 is 1.29. The van der Waals surface area contributed by atoms with E-state index in [4.69, 9.17) is 0 Å². The number of aromatic nitrogens is 2. The molecule has 1 aromatic heterocycles. The minimum Gasteiger partial charge on any atom is -0.300 e. The van der Waals surface area contributed by atoms with Gasteiger partial charge < -0.3 is 5.32 Å². The number of carbonyl (C=O) groups is 1. The molecule has 2 rings (SSSR count). The molecule has 0 atom stereocenters. The third-order valence-electron chi connectivity index (χ3n) is 3.87. The van der Waals surface area contributed by atoms with Crippen LogP contribution in [0.1, 0.15) is 44.0 Å². The molecule has 0 bridgehead atoms. The van der Waals surface area contributed by atoms with Crippen molar-refractivity contribution in [1.82, 2.24) is 14.9 Å². The second-order valence-corrected chi connectivity index (χ2v) is 8.51. The molecule has 0 aliphatic rings. The van der Waals surface area contributed by atoms with Crippen LogP contribution in [0.25, 0.3) is 0 Å². The Balaban J connectivity index is 1.87. The molecule has 1 amide bonds. The van der Waals surface area contributed by atoms with Crippen molar-refractivity contribution in [2.24, 2.45) is 0 Å². The van der Waals surface area contributed by atoms with Gasteiger partial charge in [0.15, 0.2) is 11.6 Å². The molecule has 2 N–H and O–H groups in total. The van der Waals surface area contributed by atoms with E-state index in [9.17, 15) is 22.0 Å². The maximum Gasteiger partial charge on any atom is 0.240 e. The second-order valence-electron chi connectivity index (χ2n) is 5.73. The van der Waals surface area contributed by atoms with Gasteiger partial charge in [-0.15, -0.1) is 10.2 Å². The SMILES string of the molecule is CCC(CC)c1nnc(NC(=O)CCNS(=O)(=O)c2ccc(F)c(F)c2)s1. The zero-order valence-corrected chi connectivity index (χ0v) is 16.5. The summed E-state index contributed by atoms with van der Waals surface area (Å²) in [7, 11) is -4.04. The summed E-state index contributed by atoms with van der Waals surface area (Å²) in [4.78, 5) is 11.5. The Morgan fingerprint density at radius 3 is 2.52 bits per heavy atom. The molecule has 0 fully saturated rings. The number of carbonyl (C=O) groups excluding carboxylic acids is 1. The summed E-state index contributed by atoms with van der Waals surface area (Å²) in [5.74, 6) is -2.55. The van der Waals surface area contributed by atoms with E-state index in [1.807, 2.05) is 13.8 Å².